The van der Waals surface area contributed by atoms with Crippen molar-refractivity contribution >= 4 is 27.3 Å². The third kappa shape index (κ3) is 2.45. The Hall–Kier alpha value is -0.110. The molecule has 2 atom stereocenters. The van der Waals surface area contributed by atoms with E-state index >= 15 is 0 Å². The zero-order valence-corrected chi connectivity index (χ0v) is 12.0. The molecular formula is C11H12BrF3O2S. The van der Waals surface area contributed by atoms with Gasteiger partial charge in [-0.25, -0.2) is 0 Å². The third-order valence-electron chi connectivity index (χ3n) is 3.14. The van der Waals surface area contributed by atoms with Crippen LogP contribution in [0, 0.1) is 0 Å². The molecule has 1 aromatic heterocycles. The Kier molecular flexibility index (Phi) is 3.79. The lowest BCUT2D eigenvalue weighted by Crippen LogP contribution is -2.31. The smallest absolute Gasteiger partial charge is 0.385 e. The standard InChI is InChI=1S/C11H12BrF3O2S/c1-10(3-2-4-17-10)9(16)8-7(12)6(5-18-8)11(13,14)15/h5,9,16H,2-4H2,1H3. The highest BCUT2D eigenvalue weighted by Crippen LogP contribution is 2.46. The summed E-state index contributed by atoms with van der Waals surface area (Å²) in [6.45, 7) is 2.26. The normalized spacial score (nSPS) is 26.6. The molecule has 0 radical (unpaired) electrons. The molecule has 2 heterocycles. The van der Waals surface area contributed by atoms with Crippen LogP contribution in [0.5, 0.6) is 0 Å². The quantitative estimate of drug-likeness (QED) is 0.873. The van der Waals surface area contributed by atoms with Gasteiger partial charge in [-0.15, -0.1) is 11.3 Å². The summed E-state index contributed by atoms with van der Waals surface area (Å²) in [5.74, 6) is 0. The van der Waals surface area contributed by atoms with E-state index in [1.54, 1.807) is 6.92 Å². The molecule has 1 aliphatic rings. The molecular weight excluding hydrogens is 333 g/mol. The topological polar surface area (TPSA) is 29.5 Å². The molecule has 0 aliphatic carbocycles. The number of aliphatic hydroxyl groups is 1. The van der Waals surface area contributed by atoms with Gasteiger partial charge in [0, 0.05) is 16.5 Å². The van der Waals surface area contributed by atoms with Crippen LogP contribution in [0.4, 0.5) is 13.2 Å². The second kappa shape index (κ2) is 4.77. The van der Waals surface area contributed by atoms with Crippen LogP contribution in [0.25, 0.3) is 0 Å². The van der Waals surface area contributed by atoms with Crippen LogP contribution < -0.4 is 0 Å². The predicted octanol–water partition coefficient (Wildman–Crippen LogP) is 4.13. The zero-order valence-electron chi connectivity index (χ0n) is 9.55. The Morgan fingerprint density at radius 2 is 2.22 bits per heavy atom. The highest BCUT2D eigenvalue weighted by molar-refractivity contribution is 9.10. The fraction of sp³-hybridized carbons (Fsp3) is 0.636. The molecule has 0 amide bonds. The minimum absolute atomic E-state index is 0.0794. The van der Waals surface area contributed by atoms with Crippen molar-refractivity contribution in [2.45, 2.75) is 37.6 Å². The molecule has 2 rings (SSSR count). The van der Waals surface area contributed by atoms with Crippen molar-refractivity contribution in [1.29, 1.82) is 0 Å². The average molecular weight is 345 g/mol. The van der Waals surface area contributed by atoms with Gasteiger partial charge in [0.1, 0.15) is 6.10 Å². The lowest BCUT2D eigenvalue weighted by atomic mass is 9.94. The number of thiophene rings is 1. The van der Waals surface area contributed by atoms with Gasteiger partial charge in [0.25, 0.3) is 0 Å². The molecule has 0 aromatic carbocycles. The monoisotopic (exact) mass is 344 g/mol. The minimum Gasteiger partial charge on any atom is -0.385 e. The van der Waals surface area contributed by atoms with Crippen molar-refractivity contribution in [2.75, 3.05) is 6.61 Å². The molecule has 1 aromatic rings. The SMILES string of the molecule is CC1(C(O)c2scc(C(F)(F)F)c2Br)CCCO1. The molecule has 1 saturated heterocycles. The molecule has 1 N–H and O–H groups in total. The maximum absolute atomic E-state index is 12.7. The third-order valence-corrected chi connectivity index (χ3v) is 5.29. The second-order valence-electron chi connectivity index (χ2n) is 4.49. The highest BCUT2D eigenvalue weighted by atomic mass is 79.9. The zero-order chi connectivity index (χ0) is 13.6. The van der Waals surface area contributed by atoms with Gasteiger partial charge in [0.05, 0.1) is 16.0 Å². The number of rotatable bonds is 2. The van der Waals surface area contributed by atoms with E-state index in [0.29, 0.717) is 13.0 Å². The predicted molar refractivity (Wildman–Crippen MR) is 65.6 cm³/mol. The maximum Gasteiger partial charge on any atom is 0.418 e. The van der Waals surface area contributed by atoms with Gasteiger partial charge in [-0.05, 0) is 35.7 Å². The van der Waals surface area contributed by atoms with Crippen LogP contribution in [0.2, 0.25) is 0 Å². The van der Waals surface area contributed by atoms with Crippen LogP contribution in [-0.4, -0.2) is 17.3 Å². The number of hydrogen-bond donors (Lipinski definition) is 1. The van der Waals surface area contributed by atoms with Gasteiger partial charge in [-0.2, -0.15) is 13.2 Å². The summed E-state index contributed by atoms with van der Waals surface area (Å²) in [7, 11) is 0. The first-order valence-corrected chi connectivity index (χ1v) is 7.09. The van der Waals surface area contributed by atoms with E-state index in [1.165, 1.54) is 0 Å². The first kappa shape index (κ1) is 14.3. The summed E-state index contributed by atoms with van der Waals surface area (Å²) in [4.78, 5) is 0.270. The van der Waals surface area contributed by atoms with Crippen molar-refractivity contribution in [3.8, 4) is 0 Å². The molecule has 0 spiro atoms. The fourth-order valence-corrected chi connectivity index (χ4v) is 4.10. The lowest BCUT2D eigenvalue weighted by Gasteiger charge is -2.28. The maximum atomic E-state index is 12.7. The number of aliphatic hydroxyl groups excluding tert-OH is 1. The summed E-state index contributed by atoms with van der Waals surface area (Å²) in [6, 6.07) is 0. The Morgan fingerprint density at radius 1 is 1.56 bits per heavy atom. The van der Waals surface area contributed by atoms with Crippen LogP contribution in [0.15, 0.2) is 9.85 Å². The molecule has 102 valence electrons. The molecule has 2 nitrogen and oxygen atoms in total. The van der Waals surface area contributed by atoms with Crippen molar-refractivity contribution in [2.24, 2.45) is 0 Å². The van der Waals surface area contributed by atoms with Gasteiger partial charge in [0.2, 0.25) is 0 Å². The van der Waals surface area contributed by atoms with E-state index in [0.717, 1.165) is 23.1 Å². The molecule has 1 fully saturated rings. The Labute approximate surface area is 115 Å². The van der Waals surface area contributed by atoms with E-state index in [2.05, 4.69) is 15.9 Å². The molecule has 0 bridgehead atoms. The second-order valence-corrected chi connectivity index (χ2v) is 6.20. The Balaban J connectivity index is 2.32. The fourth-order valence-electron chi connectivity index (χ4n) is 2.03. The largest absolute Gasteiger partial charge is 0.418 e. The van der Waals surface area contributed by atoms with E-state index in [-0.39, 0.29) is 9.35 Å². The molecule has 7 heteroatoms. The number of ether oxygens (including phenoxy) is 1. The van der Waals surface area contributed by atoms with Crippen LogP contribution in [-0.2, 0) is 10.9 Å². The average Bonchev–Trinajstić information content (AvgIpc) is 2.83. The first-order valence-electron chi connectivity index (χ1n) is 5.42. The Bertz CT molecular complexity index is 438. The van der Waals surface area contributed by atoms with Crippen LogP contribution >= 0.6 is 27.3 Å². The number of hydrogen-bond acceptors (Lipinski definition) is 3. The van der Waals surface area contributed by atoms with Gasteiger partial charge in [-0.1, -0.05) is 0 Å². The first-order chi connectivity index (χ1) is 8.26. The van der Waals surface area contributed by atoms with Crippen molar-refractivity contribution < 1.29 is 23.0 Å². The van der Waals surface area contributed by atoms with Gasteiger partial charge in [0.15, 0.2) is 0 Å². The lowest BCUT2D eigenvalue weighted by molar-refractivity contribution is -0.138. The van der Waals surface area contributed by atoms with E-state index in [9.17, 15) is 18.3 Å². The number of halogens is 4. The minimum atomic E-state index is -4.41. The van der Waals surface area contributed by atoms with Gasteiger partial charge in [-0.3, -0.25) is 0 Å². The van der Waals surface area contributed by atoms with E-state index in [1.807, 2.05) is 0 Å². The number of alkyl halides is 3. The Morgan fingerprint density at radius 3 is 2.67 bits per heavy atom. The summed E-state index contributed by atoms with van der Waals surface area (Å²) in [5, 5.41) is 11.2. The summed E-state index contributed by atoms with van der Waals surface area (Å²) < 4.78 is 43.4. The van der Waals surface area contributed by atoms with Crippen LogP contribution in [0.3, 0.4) is 0 Å². The van der Waals surface area contributed by atoms with Crippen LogP contribution in [0.1, 0.15) is 36.3 Å². The molecule has 2 unspecified atom stereocenters. The van der Waals surface area contributed by atoms with Crippen molar-refractivity contribution in [3.63, 3.8) is 0 Å². The summed E-state index contributed by atoms with van der Waals surface area (Å²) >= 11 is 3.83. The highest BCUT2D eigenvalue weighted by Gasteiger charge is 2.42. The molecule has 18 heavy (non-hydrogen) atoms. The molecule has 1 aliphatic heterocycles. The van der Waals surface area contributed by atoms with Crippen molar-refractivity contribution in [3.05, 3.63) is 20.3 Å². The van der Waals surface area contributed by atoms with E-state index in [4.69, 9.17) is 4.74 Å². The van der Waals surface area contributed by atoms with Gasteiger partial charge >= 0.3 is 6.18 Å². The van der Waals surface area contributed by atoms with E-state index < -0.39 is 23.4 Å². The molecule has 0 saturated carbocycles. The summed E-state index contributed by atoms with van der Waals surface area (Å²) in [6.07, 6.45) is -4.01. The van der Waals surface area contributed by atoms with Gasteiger partial charge < -0.3 is 9.84 Å². The summed E-state index contributed by atoms with van der Waals surface area (Å²) in [5.41, 5.74) is -1.54. The van der Waals surface area contributed by atoms with Crippen molar-refractivity contribution in [1.82, 2.24) is 0 Å².